The van der Waals surface area contributed by atoms with E-state index in [0.717, 1.165) is 19.5 Å². The number of piperidine rings is 1. The van der Waals surface area contributed by atoms with Gasteiger partial charge in [0.15, 0.2) is 0 Å². The Morgan fingerprint density at radius 3 is 2.62 bits per heavy atom. The molecule has 0 radical (unpaired) electrons. The van der Waals surface area contributed by atoms with Gasteiger partial charge in [-0.2, -0.15) is 11.8 Å². The summed E-state index contributed by atoms with van der Waals surface area (Å²) >= 11 is 1.90. The lowest BCUT2D eigenvalue weighted by atomic mass is 10.1. The highest BCUT2D eigenvalue weighted by molar-refractivity contribution is 7.99. The molecular formula is C12H22N2OS. The maximum atomic E-state index is 12.0. The van der Waals surface area contributed by atoms with Crippen LogP contribution in [0, 0.1) is 0 Å². The lowest BCUT2D eigenvalue weighted by molar-refractivity contribution is 0.183. The summed E-state index contributed by atoms with van der Waals surface area (Å²) in [5.41, 5.74) is 0. The lowest BCUT2D eigenvalue weighted by Crippen LogP contribution is -2.48. The first-order valence-electron chi connectivity index (χ1n) is 6.39. The molecule has 4 heteroatoms. The van der Waals surface area contributed by atoms with Gasteiger partial charge in [-0.05, 0) is 38.4 Å². The molecule has 2 rings (SSSR count). The first-order valence-corrected chi connectivity index (χ1v) is 7.68. The van der Waals surface area contributed by atoms with Crippen LogP contribution in [0.3, 0.4) is 0 Å². The molecule has 0 aromatic carbocycles. The molecule has 0 aromatic heterocycles. The van der Waals surface area contributed by atoms with Crippen LogP contribution in [-0.4, -0.2) is 41.6 Å². The number of urea groups is 1. The number of nitrogens with zero attached hydrogens (tertiary/aromatic N) is 1. The third kappa shape index (κ3) is 2.84. The third-order valence-electron chi connectivity index (χ3n) is 3.71. The van der Waals surface area contributed by atoms with E-state index < -0.39 is 0 Å². The summed E-state index contributed by atoms with van der Waals surface area (Å²) in [5.74, 6) is 0. The number of likely N-dealkylation sites (tertiary alicyclic amines) is 1. The average Bonchev–Trinajstić information content (AvgIpc) is 2.77. The molecule has 2 fully saturated rings. The number of nitrogens with one attached hydrogen (secondary N) is 1. The summed E-state index contributed by atoms with van der Waals surface area (Å²) in [4.78, 5) is 14.0. The molecule has 16 heavy (non-hydrogen) atoms. The molecule has 1 N–H and O–H groups in total. The zero-order valence-electron chi connectivity index (χ0n) is 10.1. The Hall–Kier alpha value is -0.380. The van der Waals surface area contributed by atoms with Gasteiger partial charge in [0, 0.05) is 24.4 Å². The summed E-state index contributed by atoms with van der Waals surface area (Å²) in [7, 11) is 0. The van der Waals surface area contributed by atoms with Crippen molar-refractivity contribution in [3.8, 4) is 0 Å². The molecule has 2 unspecified atom stereocenters. The van der Waals surface area contributed by atoms with Gasteiger partial charge in [-0.15, -0.1) is 0 Å². The number of hydrogen-bond acceptors (Lipinski definition) is 2. The van der Waals surface area contributed by atoms with Crippen molar-refractivity contribution in [2.75, 3.05) is 19.3 Å². The second-order valence-electron chi connectivity index (χ2n) is 4.81. The number of hydrogen-bond donors (Lipinski definition) is 1. The summed E-state index contributed by atoms with van der Waals surface area (Å²) in [6, 6.07) is 0.579. The first-order chi connectivity index (χ1) is 7.81. The Morgan fingerprint density at radius 2 is 1.94 bits per heavy atom. The van der Waals surface area contributed by atoms with E-state index in [1.54, 1.807) is 0 Å². The highest BCUT2D eigenvalue weighted by atomic mass is 32.2. The fourth-order valence-electron chi connectivity index (χ4n) is 2.72. The molecule has 1 aliphatic heterocycles. The van der Waals surface area contributed by atoms with Crippen LogP contribution in [0.2, 0.25) is 0 Å². The minimum Gasteiger partial charge on any atom is -0.334 e. The summed E-state index contributed by atoms with van der Waals surface area (Å²) in [5, 5.41) is 3.85. The van der Waals surface area contributed by atoms with Crippen LogP contribution in [0.1, 0.15) is 38.5 Å². The maximum Gasteiger partial charge on any atom is 0.317 e. The molecule has 1 saturated carbocycles. The molecule has 92 valence electrons. The van der Waals surface area contributed by atoms with Crippen LogP contribution in [0.15, 0.2) is 0 Å². The Balaban J connectivity index is 1.81. The first kappa shape index (κ1) is 12.1. The number of carbonyl (C=O) groups excluding carboxylic acids is 1. The van der Waals surface area contributed by atoms with E-state index in [-0.39, 0.29) is 6.03 Å². The molecule has 1 aliphatic carbocycles. The highest BCUT2D eigenvalue weighted by Gasteiger charge is 2.29. The predicted octanol–water partition coefficient (Wildman–Crippen LogP) is 2.47. The standard InChI is InChI=1S/C12H22N2OS/c1-16-11-7-5-6-10(11)13-12(15)14-8-3-2-4-9-14/h10-11H,2-9H2,1H3,(H,13,15). The van der Waals surface area contributed by atoms with E-state index in [9.17, 15) is 4.79 Å². The highest BCUT2D eigenvalue weighted by Crippen LogP contribution is 2.28. The van der Waals surface area contributed by atoms with Crippen molar-refractivity contribution in [3.05, 3.63) is 0 Å². The topological polar surface area (TPSA) is 32.3 Å². The van der Waals surface area contributed by atoms with Crippen molar-refractivity contribution in [2.24, 2.45) is 0 Å². The van der Waals surface area contributed by atoms with Gasteiger partial charge in [0.1, 0.15) is 0 Å². The van der Waals surface area contributed by atoms with E-state index in [0.29, 0.717) is 11.3 Å². The quantitative estimate of drug-likeness (QED) is 0.807. The van der Waals surface area contributed by atoms with E-state index in [1.807, 2.05) is 16.7 Å². The van der Waals surface area contributed by atoms with Crippen LogP contribution in [0.25, 0.3) is 0 Å². The Morgan fingerprint density at radius 1 is 1.19 bits per heavy atom. The third-order valence-corrected chi connectivity index (χ3v) is 4.88. The zero-order chi connectivity index (χ0) is 11.4. The SMILES string of the molecule is CSC1CCCC1NC(=O)N1CCCCC1. The van der Waals surface area contributed by atoms with Crippen molar-refractivity contribution < 1.29 is 4.79 Å². The van der Waals surface area contributed by atoms with E-state index in [4.69, 9.17) is 0 Å². The molecule has 1 heterocycles. The Labute approximate surface area is 102 Å². The molecule has 1 saturated heterocycles. The van der Waals surface area contributed by atoms with Gasteiger partial charge >= 0.3 is 6.03 Å². The normalized spacial score (nSPS) is 30.4. The fourth-order valence-corrected chi connectivity index (χ4v) is 3.66. The monoisotopic (exact) mass is 242 g/mol. The van der Waals surface area contributed by atoms with Crippen LogP contribution in [0.4, 0.5) is 4.79 Å². The number of thioether (sulfide) groups is 1. The average molecular weight is 242 g/mol. The molecule has 2 aliphatic rings. The smallest absolute Gasteiger partial charge is 0.317 e. The molecule has 0 spiro atoms. The molecule has 0 bridgehead atoms. The second-order valence-corrected chi connectivity index (χ2v) is 5.89. The van der Waals surface area contributed by atoms with E-state index >= 15 is 0 Å². The predicted molar refractivity (Wildman–Crippen MR) is 68.9 cm³/mol. The van der Waals surface area contributed by atoms with Crippen LogP contribution >= 0.6 is 11.8 Å². The summed E-state index contributed by atoms with van der Waals surface area (Å²) in [6.07, 6.45) is 9.44. The van der Waals surface area contributed by atoms with Crippen LogP contribution in [-0.2, 0) is 0 Å². The van der Waals surface area contributed by atoms with Gasteiger partial charge in [-0.3, -0.25) is 0 Å². The zero-order valence-corrected chi connectivity index (χ0v) is 10.9. The van der Waals surface area contributed by atoms with Crippen LogP contribution in [0.5, 0.6) is 0 Å². The summed E-state index contributed by atoms with van der Waals surface area (Å²) < 4.78 is 0. The van der Waals surface area contributed by atoms with Gasteiger partial charge in [0.2, 0.25) is 0 Å². The van der Waals surface area contributed by atoms with E-state index in [1.165, 1.54) is 32.1 Å². The molecule has 3 nitrogen and oxygen atoms in total. The molecule has 2 atom stereocenters. The Kier molecular flexibility index (Phi) is 4.38. The molecular weight excluding hydrogens is 220 g/mol. The van der Waals surface area contributed by atoms with E-state index in [2.05, 4.69) is 11.6 Å². The van der Waals surface area contributed by atoms with Crippen molar-refractivity contribution in [2.45, 2.75) is 49.8 Å². The second kappa shape index (κ2) is 5.80. The summed E-state index contributed by atoms with van der Waals surface area (Å²) in [6.45, 7) is 1.89. The molecule has 0 aromatic rings. The van der Waals surface area contributed by atoms with Crippen molar-refractivity contribution in [1.82, 2.24) is 10.2 Å². The van der Waals surface area contributed by atoms with Crippen molar-refractivity contribution in [1.29, 1.82) is 0 Å². The fraction of sp³-hybridized carbons (Fsp3) is 0.917. The van der Waals surface area contributed by atoms with Gasteiger partial charge in [-0.25, -0.2) is 4.79 Å². The number of carbonyl (C=O) groups is 1. The van der Waals surface area contributed by atoms with Crippen molar-refractivity contribution >= 4 is 17.8 Å². The van der Waals surface area contributed by atoms with Crippen molar-refractivity contribution in [3.63, 3.8) is 0 Å². The Bertz CT molecular complexity index is 241. The lowest BCUT2D eigenvalue weighted by Gasteiger charge is -2.29. The maximum absolute atomic E-state index is 12.0. The number of amides is 2. The number of rotatable bonds is 2. The minimum absolute atomic E-state index is 0.172. The molecule has 2 amide bonds. The van der Waals surface area contributed by atoms with Crippen LogP contribution < -0.4 is 5.32 Å². The van der Waals surface area contributed by atoms with Gasteiger partial charge in [0.25, 0.3) is 0 Å². The minimum atomic E-state index is 0.172. The van der Waals surface area contributed by atoms with Gasteiger partial charge < -0.3 is 10.2 Å². The largest absolute Gasteiger partial charge is 0.334 e. The van der Waals surface area contributed by atoms with Gasteiger partial charge in [0.05, 0.1) is 0 Å². The van der Waals surface area contributed by atoms with Gasteiger partial charge in [-0.1, -0.05) is 6.42 Å².